The van der Waals surface area contributed by atoms with Crippen molar-refractivity contribution < 1.29 is 14.3 Å². The van der Waals surface area contributed by atoms with Gasteiger partial charge >= 0.3 is 0 Å². The molecule has 1 aliphatic carbocycles. The third-order valence-electron chi connectivity index (χ3n) is 7.12. The molecule has 3 aromatic carbocycles. The van der Waals surface area contributed by atoms with Crippen molar-refractivity contribution in [3.63, 3.8) is 0 Å². The van der Waals surface area contributed by atoms with Gasteiger partial charge in [0.15, 0.2) is 17.3 Å². The fourth-order valence-corrected chi connectivity index (χ4v) is 5.16. The number of carbonyl (C=O) groups is 1. The molecule has 35 heavy (non-hydrogen) atoms. The highest BCUT2D eigenvalue weighted by atomic mass is 16.5. The Hall–Kier alpha value is -3.73. The van der Waals surface area contributed by atoms with Crippen LogP contribution < -0.4 is 20.1 Å². The van der Waals surface area contributed by atoms with E-state index in [2.05, 4.69) is 60.9 Å². The fraction of sp³-hybridized carbons (Fsp3) is 0.300. The minimum Gasteiger partial charge on any atom is -0.493 e. The molecule has 0 aromatic heterocycles. The number of anilines is 2. The first-order valence-electron chi connectivity index (χ1n) is 12.2. The van der Waals surface area contributed by atoms with Crippen molar-refractivity contribution in [2.75, 3.05) is 24.9 Å². The highest BCUT2D eigenvalue weighted by Gasteiger charge is 2.36. The number of ketones is 1. The number of carbonyl (C=O) groups excluding carboxylic acids is 1. The first kappa shape index (κ1) is 23.0. The van der Waals surface area contributed by atoms with E-state index in [1.165, 1.54) is 5.56 Å². The topological polar surface area (TPSA) is 59.6 Å². The van der Waals surface area contributed by atoms with Gasteiger partial charge < -0.3 is 20.1 Å². The van der Waals surface area contributed by atoms with Crippen LogP contribution in [0.25, 0.3) is 0 Å². The Morgan fingerprint density at radius 1 is 0.829 bits per heavy atom. The van der Waals surface area contributed by atoms with Gasteiger partial charge in [0, 0.05) is 17.7 Å². The van der Waals surface area contributed by atoms with Crippen molar-refractivity contribution >= 4 is 17.2 Å². The van der Waals surface area contributed by atoms with Crippen molar-refractivity contribution in [2.24, 2.45) is 0 Å². The van der Waals surface area contributed by atoms with Crippen LogP contribution in [0.1, 0.15) is 61.3 Å². The monoisotopic (exact) mass is 468 g/mol. The zero-order valence-electron chi connectivity index (χ0n) is 20.7. The maximum Gasteiger partial charge on any atom is 0.163 e. The number of fused-ring (bicyclic) bond motifs is 1. The standard InChI is InChI=1S/C30H32N2O3/c1-18(2)19-9-11-20(12-10-19)30-29-25(31-23-7-5-6-8-24(23)32-30)15-22(16-26(29)33)21-13-14-27(34-3)28(17-21)35-4/h5-14,17-18,22,30-32H,15-16H2,1-4H3/t22-,30+/m0/s1. The van der Waals surface area contributed by atoms with E-state index in [0.717, 1.165) is 40.2 Å². The fourth-order valence-electron chi connectivity index (χ4n) is 5.16. The minimum absolute atomic E-state index is 0.0581. The molecule has 5 heteroatoms. The van der Waals surface area contributed by atoms with E-state index in [1.807, 2.05) is 30.3 Å². The third-order valence-corrected chi connectivity index (χ3v) is 7.12. The van der Waals surface area contributed by atoms with Crippen molar-refractivity contribution in [2.45, 2.75) is 44.6 Å². The number of para-hydroxylation sites is 2. The lowest BCUT2D eigenvalue weighted by atomic mass is 9.78. The van der Waals surface area contributed by atoms with Crippen LogP contribution in [0.2, 0.25) is 0 Å². The largest absolute Gasteiger partial charge is 0.493 e. The molecule has 0 saturated carbocycles. The number of rotatable bonds is 5. The first-order chi connectivity index (χ1) is 17.0. The van der Waals surface area contributed by atoms with E-state index < -0.39 is 0 Å². The van der Waals surface area contributed by atoms with Crippen LogP contribution in [-0.2, 0) is 4.79 Å². The van der Waals surface area contributed by atoms with Gasteiger partial charge in [0.25, 0.3) is 0 Å². The summed E-state index contributed by atoms with van der Waals surface area (Å²) in [6.07, 6.45) is 1.20. The smallest absolute Gasteiger partial charge is 0.163 e. The molecule has 180 valence electrons. The van der Waals surface area contributed by atoms with Gasteiger partial charge in [-0.05, 0) is 59.2 Å². The third kappa shape index (κ3) is 4.39. The summed E-state index contributed by atoms with van der Waals surface area (Å²) in [6.45, 7) is 4.39. The molecule has 2 N–H and O–H groups in total. The van der Waals surface area contributed by atoms with Crippen LogP contribution in [0, 0.1) is 0 Å². The highest BCUT2D eigenvalue weighted by molar-refractivity contribution is 6.01. The highest BCUT2D eigenvalue weighted by Crippen LogP contribution is 2.45. The van der Waals surface area contributed by atoms with E-state index in [0.29, 0.717) is 23.8 Å². The molecular weight excluding hydrogens is 436 g/mol. The van der Waals surface area contributed by atoms with Gasteiger partial charge in [0.1, 0.15) is 0 Å². The SMILES string of the molecule is COc1ccc([C@@H]2CC(=O)C3=C(C2)Nc2ccccc2N[C@@H]3c2ccc(C(C)C)cc2)cc1OC. The summed E-state index contributed by atoms with van der Waals surface area (Å²) >= 11 is 0. The Balaban J connectivity index is 1.56. The summed E-state index contributed by atoms with van der Waals surface area (Å²) in [5.41, 5.74) is 7.26. The number of Topliss-reactive ketones (excluding diaryl/α,β-unsaturated/α-hetero) is 1. The lowest BCUT2D eigenvalue weighted by Gasteiger charge is -2.30. The van der Waals surface area contributed by atoms with Crippen molar-refractivity contribution in [3.05, 3.63) is 94.7 Å². The van der Waals surface area contributed by atoms with Crippen LogP contribution in [0.4, 0.5) is 11.4 Å². The Morgan fingerprint density at radius 2 is 1.51 bits per heavy atom. The van der Waals surface area contributed by atoms with Crippen molar-refractivity contribution in [3.8, 4) is 11.5 Å². The van der Waals surface area contributed by atoms with Gasteiger partial charge in [-0.2, -0.15) is 0 Å². The minimum atomic E-state index is -0.207. The molecule has 2 atom stereocenters. The molecule has 1 aliphatic heterocycles. The average molecular weight is 469 g/mol. The van der Waals surface area contributed by atoms with E-state index in [4.69, 9.17) is 9.47 Å². The van der Waals surface area contributed by atoms with Crippen molar-refractivity contribution in [1.29, 1.82) is 0 Å². The lowest BCUT2D eigenvalue weighted by molar-refractivity contribution is -0.116. The molecule has 0 saturated heterocycles. The molecular formula is C30H32N2O3. The summed E-state index contributed by atoms with van der Waals surface area (Å²) in [5, 5.41) is 7.28. The van der Waals surface area contributed by atoms with Gasteiger partial charge in [0.05, 0.1) is 31.6 Å². The summed E-state index contributed by atoms with van der Waals surface area (Å²) < 4.78 is 10.9. The molecule has 5 nitrogen and oxygen atoms in total. The molecule has 0 amide bonds. The Kier molecular flexibility index (Phi) is 6.25. The number of nitrogens with one attached hydrogen (secondary N) is 2. The van der Waals surface area contributed by atoms with Gasteiger partial charge in [-0.3, -0.25) is 4.79 Å². The molecule has 0 spiro atoms. The van der Waals surface area contributed by atoms with Crippen molar-refractivity contribution in [1.82, 2.24) is 0 Å². The van der Waals surface area contributed by atoms with Gasteiger partial charge in [-0.25, -0.2) is 0 Å². The van der Waals surface area contributed by atoms with Crippen LogP contribution >= 0.6 is 0 Å². The molecule has 0 bridgehead atoms. The number of hydrogen-bond donors (Lipinski definition) is 2. The number of allylic oxidation sites excluding steroid dienone is 1. The van der Waals surface area contributed by atoms with Crippen LogP contribution in [0.3, 0.4) is 0 Å². The number of hydrogen-bond acceptors (Lipinski definition) is 5. The number of benzene rings is 3. The summed E-state index contributed by atoms with van der Waals surface area (Å²) in [6, 6.07) is 22.5. The molecule has 3 aromatic rings. The van der Waals surface area contributed by atoms with E-state index in [9.17, 15) is 4.79 Å². The van der Waals surface area contributed by atoms with Gasteiger partial charge in [0.2, 0.25) is 0 Å². The molecule has 5 rings (SSSR count). The predicted octanol–water partition coefficient (Wildman–Crippen LogP) is 6.81. The first-order valence-corrected chi connectivity index (χ1v) is 12.2. The quantitative estimate of drug-likeness (QED) is 0.431. The van der Waals surface area contributed by atoms with Gasteiger partial charge in [-0.15, -0.1) is 0 Å². The second-order valence-corrected chi connectivity index (χ2v) is 9.60. The second kappa shape index (κ2) is 9.49. The Labute approximate surface area is 207 Å². The second-order valence-electron chi connectivity index (χ2n) is 9.60. The van der Waals surface area contributed by atoms with Crippen LogP contribution in [0.5, 0.6) is 11.5 Å². The maximum atomic E-state index is 13.8. The van der Waals surface area contributed by atoms with Gasteiger partial charge in [-0.1, -0.05) is 56.3 Å². The predicted molar refractivity (Wildman–Crippen MR) is 141 cm³/mol. The Morgan fingerprint density at radius 3 is 2.20 bits per heavy atom. The summed E-state index contributed by atoms with van der Waals surface area (Å²) in [5.74, 6) is 2.05. The molecule has 0 unspecified atom stereocenters. The lowest BCUT2D eigenvalue weighted by Crippen LogP contribution is -2.26. The van der Waals surface area contributed by atoms with Crippen LogP contribution in [-0.4, -0.2) is 20.0 Å². The maximum absolute atomic E-state index is 13.8. The molecule has 1 heterocycles. The molecule has 2 aliphatic rings. The Bertz CT molecular complexity index is 1280. The van der Waals surface area contributed by atoms with E-state index in [-0.39, 0.29) is 17.7 Å². The van der Waals surface area contributed by atoms with E-state index in [1.54, 1.807) is 14.2 Å². The zero-order valence-corrected chi connectivity index (χ0v) is 20.7. The summed E-state index contributed by atoms with van der Waals surface area (Å²) in [7, 11) is 3.27. The summed E-state index contributed by atoms with van der Waals surface area (Å²) in [4.78, 5) is 13.8. The zero-order chi connectivity index (χ0) is 24.5. The molecule has 0 fully saturated rings. The number of ether oxygens (including phenoxy) is 2. The van der Waals surface area contributed by atoms with Crippen LogP contribution in [0.15, 0.2) is 78.0 Å². The normalized spacial score (nSPS) is 19.3. The van der Waals surface area contributed by atoms with E-state index >= 15 is 0 Å². The number of methoxy groups -OCH3 is 2. The average Bonchev–Trinajstić information content (AvgIpc) is 3.05. The molecule has 0 radical (unpaired) electrons.